The zero-order valence-electron chi connectivity index (χ0n) is 9.11. The molecule has 0 unspecified atom stereocenters. The Kier molecular flexibility index (Phi) is 4.33. The summed E-state index contributed by atoms with van der Waals surface area (Å²) in [5.41, 5.74) is -0.0947. The summed E-state index contributed by atoms with van der Waals surface area (Å²) >= 11 is 2.24. The van der Waals surface area contributed by atoms with Crippen LogP contribution in [-0.2, 0) is 20.4 Å². The average molecular weight is 297 g/mol. The first-order valence-corrected chi connectivity index (χ1v) is 6.66. The predicted octanol–water partition coefficient (Wildman–Crippen LogP) is 3.07. The Balaban J connectivity index is 2.28. The van der Waals surface area contributed by atoms with Crippen LogP contribution < -0.4 is 3.87 Å². The first-order chi connectivity index (χ1) is 8.59. The molecule has 0 amide bonds. The van der Waals surface area contributed by atoms with Crippen molar-refractivity contribution < 1.29 is 34.0 Å². The summed E-state index contributed by atoms with van der Waals surface area (Å²) in [5, 5.41) is -0.429. The van der Waals surface area contributed by atoms with Crippen molar-refractivity contribution in [2.45, 2.75) is 4.90 Å². The van der Waals surface area contributed by atoms with Crippen LogP contribution in [0.4, 0.5) is 8.78 Å². The molecule has 0 saturated carbocycles. The van der Waals surface area contributed by atoms with Gasteiger partial charge in [0.15, 0.2) is 0 Å². The van der Waals surface area contributed by atoms with Gasteiger partial charge >= 0.3 is 119 Å². The summed E-state index contributed by atoms with van der Waals surface area (Å²) in [5.74, 6) is -1.43. The molecule has 0 bridgehead atoms. The Morgan fingerprint density at radius 3 is 2.39 bits per heavy atom. The molecular weight excluding hydrogens is 290 g/mol. The van der Waals surface area contributed by atoms with E-state index in [-0.39, 0.29) is 9.43 Å². The quantitative estimate of drug-likeness (QED) is 0.626. The summed E-state index contributed by atoms with van der Waals surface area (Å²) in [6, 6.07) is 11.2. The Hall–Kier alpha value is -0.966. The van der Waals surface area contributed by atoms with Crippen LogP contribution in [0.3, 0.4) is 0 Å². The molecule has 0 aliphatic rings. The third-order valence-corrected chi connectivity index (χ3v) is 3.89. The van der Waals surface area contributed by atoms with Crippen LogP contribution in [0.2, 0.25) is 0 Å². The van der Waals surface area contributed by atoms with Crippen LogP contribution in [0.1, 0.15) is 10.4 Å². The summed E-state index contributed by atoms with van der Waals surface area (Å²) in [4.78, 5) is 12.6. The minimum atomic E-state index is -0.788. The monoisotopic (exact) mass is 297 g/mol. The van der Waals surface area contributed by atoms with E-state index in [1.165, 1.54) is 26.5 Å². The molecule has 0 aromatic heterocycles. The van der Waals surface area contributed by atoms with Crippen molar-refractivity contribution in [2.24, 2.45) is 0 Å². The molecule has 0 spiro atoms. The standard InChI is InChI=1S/C13H7F2OS.Ti/c14-9-6-7-11(12(15)8-9)13(16)17-10-4-2-1-3-5-10;/h1-7H;. The van der Waals surface area contributed by atoms with Crippen LogP contribution in [0.15, 0.2) is 47.4 Å². The fourth-order valence-electron chi connectivity index (χ4n) is 1.36. The van der Waals surface area contributed by atoms with Gasteiger partial charge in [0.1, 0.15) is 0 Å². The number of hydrogen-bond donors (Lipinski definition) is 0. The van der Waals surface area contributed by atoms with Crippen LogP contribution in [0.25, 0.3) is 0 Å². The van der Waals surface area contributed by atoms with E-state index in [1.54, 1.807) is 24.3 Å². The SMILES string of the molecule is O=C(Sc1ccccc1)c1ccc(F)[c]([Ti])c1F. The zero-order valence-corrected chi connectivity index (χ0v) is 11.5. The topological polar surface area (TPSA) is 17.1 Å². The second-order valence-electron chi connectivity index (χ2n) is 3.49. The normalized spacial score (nSPS) is 10.3. The number of hydrogen-bond acceptors (Lipinski definition) is 2. The fourth-order valence-corrected chi connectivity index (χ4v) is 2.48. The van der Waals surface area contributed by atoms with Gasteiger partial charge in [0, 0.05) is 0 Å². The number of carbonyl (C=O) groups is 1. The van der Waals surface area contributed by atoms with Gasteiger partial charge in [0.2, 0.25) is 0 Å². The fraction of sp³-hybridized carbons (Fsp3) is 0. The maximum atomic E-state index is 13.7. The van der Waals surface area contributed by atoms with E-state index in [1.807, 2.05) is 6.07 Å². The molecule has 2 rings (SSSR count). The molecular formula is C13H7F2OSTi. The van der Waals surface area contributed by atoms with Crippen molar-refractivity contribution in [1.82, 2.24) is 0 Å². The zero-order chi connectivity index (χ0) is 13.1. The van der Waals surface area contributed by atoms with E-state index in [0.29, 0.717) is 0 Å². The summed E-state index contributed by atoms with van der Waals surface area (Å²) in [7, 11) is 0. The van der Waals surface area contributed by atoms with Crippen molar-refractivity contribution in [3.8, 4) is 0 Å². The second kappa shape index (κ2) is 5.78. The first-order valence-electron chi connectivity index (χ1n) is 5.06. The van der Waals surface area contributed by atoms with Crippen LogP contribution >= 0.6 is 11.8 Å². The van der Waals surface area contributed by atoms with E-state index in [0.717, 1.165) is 22.7 Å². The van der Waals surface area contributed by atoms with Crippen LogP contribution in [-0.4, -0.2) is 5.12 Å². The van der Waals surface area contributed by atoms with Crippen LogP contribution in [0.5, 0.6) is 0 Å². The van der Waals surface area contributed by atoms with Crippen LogP contribution in [0, 0.1) is 11.6 Å². The second-order valence-corrected chi connectivity index (χ2v) is 5.31. The molecule has 0 aliphatic heterocycles. The van der Waals surface area contributed by atoms with E-state index < -0.39 is 16.7 Å². The molecule has 0 N–H and O–H groups in total. The van der Waals surface area contributed by atoms with Gasteiger partial charge in [-0.2, -0.15) is 0 Å². The van der Waals surface area contributed by atoms with Gasteiger partial charge in [-0.05, 0) is 0 Å². The molecule has 5 heteroatoms. The number of carbonyl (C=O) groups excluding carboxylic acids is 1. The Labute approximate surface area is 119 Å². The van der Waals surface area contributed by atoms with Gasteiger partial charge in [-0.1, -0.05) is 0 Å². The first kappa shape index (κ1) is 13.5. The third kappa shape index (κ3) is 2.89. The molecule has 1 nitrogen and oxygen atoms in total. The molecule has 0 saturated heterocycles. The number of rotatable bonds is 2. The van der Waals surface area contributed by atoms with Crippen molar-refractivity contribution >= 4 is 20.7 Å². The summed E-state index contributed by atoms with van der Waals surface area (Å²) in [6.07, 6.45) is 0. The summed E-state index contributed by atoms with van der Waals surface area (Å²) < 4.78 is 26.7. The number of thioether (sulfide) groups is 1. The van der Waals surface area contributed by atoms with Gasteiger partial charge < -0.3 is 0 Å². The number of benzene rings is 2. The molecule has 2 aromatic rings. The van der Waals surface area contributed by atoms with Gasteiger partial charge in [0.25, 0.3) is 0 Å². The average Bonchev–Trinajstić information content (AvgIpc) is 2.37. The van der Waals surface area contributed by atoms with E-state index in [9.17, 15) is 13.6 Å². The van der Waals surface area contributed by atoms with Crippen molar-refractivity contribution in [2.75, 3.05) is 0 Å². The molecule has 2 aromatic carbocycles. The molecule has 18 heavy (non-hydrogen) atoms. The van der Waals surface area contributed by atoms with Crippen molar-refractivity contribution in [1.29, 1.82) is 0 Å². The molecule has 89 valence electrons. The van der Waals surface area contributed by atoms with Gasteiger partial charge in [0.05, 0.1) is 0 Å². The molecule has 0 atom stereocenters. The van der Waals surface area contributed by atoms with E-state index in [2.05, 4.69) is 0 Å². The Morgan fingerprint density at radius 1 is 1.06 bits per heavy atom. The molecule has 0 heterocycles. The maximum absolute atomic E-state index is 13.7. The third-order valence-electron chi connectivity index (χ3n) is 2.26. The molecule has 0 radical (unpaired) electrons. The van der Waals surface area contributed by atoms with Crippen molar-refractivity contribution in [3.63, 3.8) is 0 Å². The molecule has 0 aliphatic carbocycles. The Morgan fingerprint density at radius 2 is 1.72 bits per heavy atom. The van der Waals surface area contributed by atoms with E-state index >= 15 is 0 Å². The minimum absolute atomic E-state index is 0.0947. The van der Waals surface area contributed by atoms with Gasteiger partial charge in [-0.3, -0.25) is 0 Å². The number of halogens is 2. The van der Waals surface area contributed by atoms with Gasteiger partial charge in [-0.25, -0.2) is 0 Å². The van der Waals surface area contributed by atoms with E-state index in [4.69, 9.17) is 0 Å². The predicted molar refractivity (Wildman–Crippen MR) is 62.6 cm³/mol. The summed E-state index contributed by atoms with van der Waals surface area (Å²) in [6.45, 7) is 0. The van der Waals surface area contributed by atoms with Crippen molar-refractivity contribution in [3.05, 3.63) is 59.7 Å². The molecule has 0 fully saturated rings. The van der Waals surface area contributed by atoms with Gasteiger partial charge in [-0.15, -0.1) is 0 Å². The Bertz CT molecular complexity index is 587.